The van der Waals surface area contributed by atoms with Crippen LogP contribution in [0.4, 0.5) is 5.82 Å². The number of hydrogen-bond donors (Lipinski definition) is 2. The molecule has 1 aliphatic heterocycles. The zero-order chi connectivity index (χ0) is 17.2. The zero-order valence-electron chi connectivity index (χ0n) is 13.4. The summed E-state index contributed by atoms with van der Waals surface area (Å²) in [6.45, 7) is 0. The standard InChI is InChI=1S/C18H15N5S2/c1-20-18-16(14-8-11(9-19)10-25-14)22-15(13-5-3-7-24-13)12-4-2-6-21-17(12)23-18/h2-8,10,16,18,20H,1H3,(H,21,23). The van der Waals surface area contributed by atoms with Gasteiger partial charge in [-0.15, -0.1) is 22.7 Å². The minimum Gasteiger partial charge on any atom is -0.352 e. The van der Waals surface area contributed by atoms with Crippen molar-refractivity contribution in [2.24, 2.45) is 4.99 Å². The van der Waals surface area contributed by atoms with Gasteiger partial charge in [-0.2, -0.15) is 5.26 Å². The van der Waals surface area contributed by atoms with E-state index >= 15 is 0 Å². The molecule has 3 aromatic heterocycles. The van der Waals surface area contributed by atoms with Crippen LogP contribution in [0, 0.1) is 11.3 Å². The van der Waals surface area contributed by atoms with Gasteiger partial charge in [0.15, 0.2) is 0 Å². The normalized spacial score (nSPS) is 19.3. The Hall–Kier alpha value is -2.53. The van der Waals surface area contributed by atoms with Gasteiger partial charge in [0.05, 0.1) is 16.2 Å². The van der Waals surface area contributed by atoms with Crippen LogP contribution >= 0.6 is 22.7 Å². The van der Waals surface area contributed by atoms with Gasteiger partial charge in [-0.1, -0.05) is 6.07 Å². The molecule has 0 aromatic carbocycles. The highest BCUT2D eigenvalue weighted by Gasteiger charge is 2.29. The third kappa shape index (κ3) is 2.96. The van der Waals surface area contributed by atoms with E-state index in [0.717, 1.165) is 26.8 Å². The largest absolute Gasteiger partial charge is 0.352 e. The van der Waals surface area contributed by atoms with Crippen molar-refractivity contribution in [3.05, 3.63) is 68.2 Å². The smallest absolute Gasteiger partial charge is 0.136 e. The van der Waals surface area contributed by atoms with Crippen molar-refractivity contribution < 1.29 is 0 Å². The topological polar surface area (TPSA) is 73.1 Å². The van der Waals surface area contributed by atoms with Crippen LogP contribution < -0.4 is 10.6 Å². The summed E-state index contributed by atoms with van der Waals surface area (Å²) in [5, 5.41) is 19.8. The van der Waals surface area contributed by atoms with E-state index < -0.39 is 0 Å². The number of aromatic nitrogens is 1. The Morgan fingerprint density at radius 2 is 2.20 bits per heavy atom. The summed E-state index contributed by atoms with van der Waals surface area (Å²) in [4.78, 5) is 11.8. The first kappa shape index (κ1) is 16.0. The van der Waals surface area contributed by atoms with Crippen LogP contribution in [0.25, 0.3) is 0 Å². The second kappa shape index (κ2) is 6.76. The van der Waals surface area contributed by atoms with E-state index in [1.165, 1.54) is 0 Å². The van der Waals surface area contributed by atoms with E-state index in [1.54, 1.807) is 28.9 Å². The lowest BCUT2D eigenvalue weighted by Gasteiger charge is -2.22. The first-order chi connectivity index (χ1) is 12.3. The number of rotatable bonds is 3. The lowest BCUT2D eigenvalue weighted by atomic mass is 10.1. The first-order valence-electron chi connectivity index (χ1n) is 7.79. The highest BCUT2D eigenvalue weighted by molar-refractivity contribution is 7.12. The average molecular weight is 365 g/mol. The number of fused-ring (bicyclic) bond motifs is 1. The van der Waals surface area contributed by atoms with Crippen molar-refractivity contribution in [3.8, 4) is 6.07 Å². The molecule has 0 amide bonds. The predicted octanol–water partition coefficient (Wildman–Crippen LogP) is 3.63. The molecule has 25 heavy (non-hydrogen) atoms. The molecule has 0 bridgehead atoms. The summed E-state index contributed by atoms with van der Waals surface area (Å²) < 4.78 is 0. The van der Waals surface area contributed by atoms with Gasteiger partial charge >= 0.3 is 0 Å². The molecule has 0 saturated carbocycles. The third-order valence-electron chi connectivity index (χ3n) is 4.04. The highest BCUT2D eigenvalue weighted by atomic mass is 32.1. The third-order valence-corrected chi connectivity index (χ3v) is 5.92. The van der Waals surface area contributed by atoms with Crippen LogP contribution in [0.3, 0.4) is 0 Å². The van der Waals surface area contributed by atoms with Crippen molar-refractivity contribution >= 4 is 34.2 Å². The number of thiophene rings is 2. The summed E-state index contributed by atoms with van der Waals surface area (Å²) in [7, 11) is 1.90. The maximum atomic E-state index is 9.15. The molecule has 2 atom stereocenters. The number of pyridine rings is 1. The van der Waals surface area contributed by atoms with Gasteiger partial charge in [-0.05, 0) is 36.7 Å². The molecule has 7 heteroatoms. The Kier molecular flexibility index (Phi) is 4.32. The minimum absolute atomic E-state index is 0.115. The average Bonchev–Trinajstić information content (AvgIpc) is 3.31. The Bertz CT molecular complexity index is 952. The number of likely N-dealkylation sites (N-methyl/N-ethyl adjacent to an activating group) is 1. The van der Waals surface area contributed by atoms with E-state index in [0.29, 0.717) is 5.56 Å². The Labute approximate surface area is 153 Å². The van der Waals surface area contributed by atoms with E-state index in [-0.39, 0.29) is 12.2 Å². The molecule has 1 aliphatic rings. The Morgan fingerprint density at radius 1 is 1.28 bits per heavy atom. The molecule has 0 aliphatic carbocycles. The maximum absolute atomic E-state index is 9.15. The summed E-state index contributed by atoms with van der Waals surface area (Å²) in [6.07, 6.45) is 1.67. The zero-order valence-corrected chi connectivity index (χ0v) is 15.1. The molecular formula is C18H15N5S2. The number of nitriles is 1. The van der Waals surface area contributed by atoms with Gasteiger partial charge in [0.25, 0.3) is 0 Å². The van der Waals surface area contributed by atoms with Gasteiger partial charge in [0.2, 0.25) is 0 Å². The molecule has 4 heterocycles. The van der Waals surface area contributed by atoms with Crippen LogP contribution in [-0.2, 0) is 0 Å². The summed E-state index contributed by atoms with van der Waals surface area (Å²) >= 11 is 3.22. The number of nitrogens with one attached hydrogen (secondary N) is 2. The molecule has 0 fully saturated rings. The van der Waals surface area contributed by atoms with Crippen LogP contribution in [0.2, 0.25) is 0 Å². The first-order valence-corrected chi connectivity index (χ1v) is 9.55. The number of hydrogen-bond acceptors (Lipinski definition) is 7. The maximum Gasteiger partial charge on any atom is 0.136 e. The van der Waals surface area contributed by atoms with Crippen LogP contribution in [0.5, 0.6) is 0 Å². The molecule has 0 saturated heterocycles. The number of aliphatic imine (C=N–C) groups is 1. The predicted molar refractivity (Wildman–Crippen MR) is 102 cm³/mol. The van der Waals surface area contributed by atoms with Gasteiger partial charge in [-0.25, -0.2) is 4.98 Å². The lowest BCUT2D eigenvalue weighted by Crippen LogP contribution is -2.38. The molecule has 2 unspecified atom stereocenters. The summed E-state index contributed by atoms with van der Waals surface area (Å²) in [5.74, 6) is 0.813. The molecule has 124 valence electrons. The highest BCUT2D eigenvalue weighted by Crippen LogP contribution is 2.34. The fourth-order valence-corrected chi connectivity index (χ4v) is 4.50. The molecule has 0 radical (unpaired) electrons. The molecular weight excluding hydrogens is 350 g/mol. The van der Waals surface area contributed by atoms with Gasteiger partial charge in [0.1, 0.15) is 24.1 Å². The van der Waals surface area contributed by atoms with Crippen LogP contribution in [-0.4, -0.2) is 23.9 Å². The summed E-state index contributed by atoms with van der Waals surface area (Å²) in [5.41, 5.74) is 2.59. The van der Waals surface area contributed by atoms with Crippen molar-refractivity contribution in [3.63, 3.8) is 0 Å². The summed E-state index contributed by atoms with van der Waals surface area (Å²) in [6, 6.07) is 12.0. The van der Waals surface area contributed by atoms with E-state index in [9.17, 15) is 0 Å². The molecule has 3 aromatic rings. The van der Waals surface area contributed by atoms with Gasteiger partial charge in [0, 0.05) is 22.0 Å². The Balaban J connectivity index is 1.89. The Morgan fingerprint density at radius 3 is 2.92 bits per heavy atom. The molecule has 4 rings (SSSR count). The lowest BCUT2D eigenvalue weighted by molar-refractivity contribution is 0.529. The van der Waals surface area contributed by atoms with Crippen molar-refractivity contribution in [1.82, 2.24) is 10.3 Å². The van der Waals surface area contributed by atoms with E-state index in [4.69, 9.17) is 10.3 Å². The fourth-order valence-electron chi connectivity index (χ4n) is 2.85. The number of nitrogens with zero attached hydrogens (tertiary/aromatic N) is 3. The van der Waals surface area contributed by atoms with Gasteiger partial charge in [-0.3, -0.25) is 10.3 Å². The quantitative estimate of drug-likeness (QED) is 0.743. The molecule has 0 spiro atoms. The van der Waals surface area contributed by atoms with Crippen molar-refractivity contribution in [1.29, 1.82) is 5.26 Å². The monoisotopic (exact) mass is 365 g/mol. The van der Waals surface area contributed by atoms with E-state index in [2.05, 4.69) is 33.1 Å². The van der Waals surface area contributed by atoms with E-state index in [1.807, 2.05) is 36.7 Å². The second-order valence-corrected chi connectivity index (χ2v) is 7.45. The fraction of sp³-hybridized carbons (Fsp3) is 0.167. The SMILES string of the molecule is CNC1Nc2ncccc2C(c2cccs2)=NC1c1cc(C#N)cs1. The van der Waals surface area contributed by atoms with Gasteiger partial charge < -0.3 is 5.32 Å². The molecule has 5 nitrogen and oxygen atoms in total. The van der Waals surface area contributed by atoms with Crippen molar-refractivity contribution in [2.45, 2.75) is 12.2 Å². The molecule has 2 N–H and O–H groups in total. The minimum atomic E-state index is -0.150. The van der Waals surface area contributed by atoms with Crippen molar-refractivity contribution in [2.75, 3.05) is 12.4 Å². The second-order valence-electron chi connectivity index (χ2n) is 5.56. The van der Waals surface area contributed by atoms with Crippen LogP contribution in [0.1, 0.15) is 26.9 Å². The van der Waals surface area contributed by atoms with Crippen LogP contribution in [0.15, 0.2) is 52.3 Å². The number of anilines is 1.